The van der Waals surface area contributed by atoms with E-state index >= 15 is 0 Å². The molecule has 0 heterocycles. The predicted octanol–water partition coefficient (Wildman–Crippen LogP) is 3.09. The van der Waals surface area contributed by atoms with Gasteiger partial charge in [-0.15, -0.1) is 0 Å². The lowest BCUT2D eigenvalue weighted by Crippen LogP contribution is -2.36. The van der Waals surface area contributed by atoms with E-state index in [0.717, 1.165) is 16.7 Å². The molecule has 0 fully saturated rings. The molecule has 1 aliphatic carbocycles. The molecule has 0 saturated heterocycles. The van der Waals surface area contributed by atoms with Crippen LogP contribution < -0.4 is 0 Å². The van der Waals surface area contributed by atoms with Crippen LogP contribution in [0.4, 0.5) is 0 Å². The van der Waals surface area contributed by atoms with Crippen molar-refractivity contribution in [3.8, 4) is 0 Å². The van der Waals surface area contributed by atoms with Crippen molar-refractivity contribution in [3.05, 3.63) is 71.3 Å². The van der Waals surface area contributed by atoms with Crippen LogP contribution in [0.5, 0.6) is 0 Å². The minimum atomic E-state index is -0.240. The Morgan fingerprint density at radius 2 is 1.73 bits per heavy atom. The minimum Gasteiger partial charge on any atom is -0.341 e. The van der Waals surface area contributed by atoms with Crippen LogP contribution in [0.3, 0.4) is 0 Å². The summed E-state index contributed by atoms with van der Waals surface area (Å²) in [7, 11) is 1.81. The number of amides is 1. The number of hydrogen-bond acceptors (Lipinski definition) is 2. The zero-order valence-corrected chi connectivity index (χ0v) is 12.7. The van der Waals surface area contributed by atoms with E-state index < -0.39 is 0 Å². The monoisotopic (exact) mass is 293 g/mol. The van der Waals surface area contributed by atoms with Gasteiger partial charge in [-0.1, -0.05) is 54.6 Å². The Morgan fingerprint density at radius 1 is 1.05 bits per heavy atom. The first-order valence-corrected chi connectivity index (χ1v) is 7.55. The van der Waals surface area contributed by atoms with Crippen LogP contribution in [0, 0.1) is 5.92 Å². The van der Waals surface area contributed by atoms with Crippen LogP contribution in [0.1, 0.15) is 27.9 Å². The molecular weight excluding hydrogens is 274 g/mol. The zero-order chi connectivity index (χ0) is 15.5. The fourth-order valence-electron chi connectivity index (χ4n) is 3.06. The average Bonchev–Trinajstić information content (AvgIpc) is 2.55. The van der Waals surface area contributed by atoms with Gasteiger partial charge in [-0.3, -0.25) is 9.59 Å². The van der Waals surface area contributed by atoms with Crippen LogP contribution in [-0.2, 0) is 17.8 Å². The second-order valence-corrected chi connectivity index (χ2v) is 5.87. The first-order chi connectivity index (χ1) is 10.6. The van der Waals surface area contributed by atoms with Crippen molar-refractivity contribution in [1.82, 2.24) is 4.90 Å². The first kappa shape index (κ1) is 14.5. The van der Waals surface area contributed by atoms with Gasteiger partial charge >= 0.3 is 0 Å². The number of Topliss-reactive ketones (excluding diaryl/α,β-unsaturated/α-hetero) is 1. The minimum absolute atomic E-state index is 0.0479. The van der Waals surface area contributed by atoms with Crippen molar-refractivity contribution in [2.75, 3.05) is 7.05 Å². The number of ketones is 1. The van der Waals surface area contributed by atoms with E-state index in [-0.39, 0.29) is 17.6 Å². The molecule has 2 aromatic carbocycles. The molecule has 3 nitrogen and oxygen atoms in total. The molecule has 0 bridgehead atoms. The number of carbonyl (C=O) groups is 2. The summed E-state index contributed by atoms with van der Waals surface area (Å²) in [6, 6.07) is 17.5. The van der Waals surface area contributed by atoms with E-state index in [4.69, 9.17) is 0 Å². The summed E-state index contributed by atoms with van der Waals surface area (Å²) in [4.78, 5) is 26.6. The van der Waals surface area contributed by atoms with Crippen molar-refractivity contribution in [1.29, 1.82) is 0 Å². The molecule has 0 spiro atoms. The lowest BCUT2D eigenvalue weighted by molar-refractivity contribution is -0.134. The Morgan fingerprint density at radius 3 is 2.50 bits per heavy atom. The highest BCUT2D eigenvalue weighted by molar-refractivity contribution is 6.01. The third-order valence-electron chi connectivity index (χ3n) is 4.20. The van der Waals surface area contributed by atoms with Gasteiger partial charge in [0.05, 0.1) is 0 Å². The Labute approximate surface area is 130 Å². The highest BCUT2D eigenvalue weighted by atomic mass is 16.2. The summed E-state index contributed by atoms with van der Waals surface area (Å²) in [6.07, 6.45) is 0.967. The van der Waals surface area contributed by atoms with Crippen molar-refractivity contribution < 1.29 is 9.59 Å². The molecule has 1 amide bonds. The van der Waals surface area contributed by atoms with Crippen molar-refractivity contribution in [2.24, 2.45) is 5.92 Å². The van der Waals surface area contributed by atoms with E-state index in [2.05, 4.69) is 0 Å². The van der Waals surface area contributed by atoms with Gasteiger partial charge in [0.1, 0.15) is 0 Å². The molecule has 2 aromatic rings. The number of hydrogen-bond donors (Lipinski definition) is 0. The van der Waals surface area contributed by atoms with Crippen LogP contribution in [-0.4, -0.2) is 23.6 Å². The molecule has 3 heteroatoms. The molecule has 0 aliphatic heterocycles. The Bertz CT molecular complexity index is 694. The lowest BCUT2D eigenvalue weighted by Gasteiger charge is -2.27. The number of rotatable bonds is 3. The number of carbonyl (C=O) groups excluding carboxylic acids is 2. The number of fused-ring (bicyclic) bond motifs is 1. The Balaban J connectivity index is 1.72. The molecule has 0 aromatic heterocycles. The van der Waals surface area contributed by atoms with E-state index in [1.807, 2.05) is 54.6 Å². The summed E-state index contributed by atoms with van der Waals surface area (Å²) >= 11 is 0. The normalized spacial score (nSPS) is 17.0. The average molecular weight is 293 g/mol. The van der Waals surface area contributed by atoms with Crippen molar-refractivity contribution in [3.63, 3.8) is 0 Å². The van der Waals surface area contributed by atoms with Crippen molar-refractivity contribution >= 4 is 11.7 Å². The standard InChI is InChI=1S/C19H19NO2/c1-20(13-14-7-3-2-4-8-14)19(22)16-11-15-9-5-6-10-17(15)18(21)12-16/h2-10,16H,11-13H2,1H3. The molecule has 0 N–H and O–H groups in total. The molecule has 1 aliphatic rings. The van der Waals surface area contributed by atoms with Gasteiger partial charge in [-0.2, -0.15) is 0 Å². The van der Waals surface area contributed by atoms with E-state index in [9.17, 15) is 9.59 Å². The predicted molar refractivity (Wildman–Crippen MR) is 85.5 cm³/mol. The molecular formula is C19H19NO2. The molecule has 1 atom stereocenters. The zero-order valence-electron chi connectivity index (χ0n) is 12.7. The number of benzene rings is 2. The summed E-state index contributed by atoms with van der Waals surface area (Å²) < 4.78 is 0. The summed E-state index contributed by atoms with van der Waals surface area (Å²) in [6.45, 7) is 0.575. The molecule has 1 unspecified atom stereocenters. The van der Waals surface area contributed by atoms with E-state index in [1.54, 1.807) is 11.9 Å². The summed E-state index contributed by atoms with van der Waals surface area (Å²) in [5.41, 5.74) is 2.86. The van der Waals surface area contributed by atoms with Gasteiger partial charge in [0.2, 0.25) is 5.91 Å². The van der Waals surface area contributed by atoms with Crippen LogP contribution in [0.15, 0.2) is 54.6 Å². The van der Waals surface area contributed by atoms with Gasteiger partial charge in [-0.25, -0.2) is 0 Å². The maximum absolute atomic E-state index is 12.6. The SMILES string of the molecule is CN(Cc1ccccc1)C(=O)C1CC(=O)c2ccccc2C1. The third kappa shape index (κ3) is 2.93. The van der Waals surface area contributed by atoms with E-state index in [0.29, 0.717) is 19.4 Å². The quantitative estimate of drug-likeness (QED) is 0.872. The van der Waals surface area contributed by atoms with Gasteiger partial charge in [-0.05, 0) is 17.5 Å². The van der Waals surface area contributed by atoms with Gasteiger partial charge in [0.15, 0.2) is 5.78 Å². The molecule has 22 heavy (non-hydrogen) atoms. The van der Waals surface area contributed by atoms with Gasteiger partial charge < -0.3 is 4.90 Å². The highest BCUT2D eigenvalue weighted by Gasteiger charge is 2.31. The molecule has 0 saturated carbocycles. The largest absolute Gasteiger partial charge is 0.341 e. The molecule has 0 radical (unpaired) electrons. The Hall–Kier alpha value is -2.42. The maximum Gasteiger partial charge on any atom is 0.226 e. The number of nitrogens with zero attached hydrogens (tertiary/aromatic N) is 1. The topological polar surface area (TPSA) is 37.4 Å². The first-order valence-electron chi connectivity index (χ1n) is 7.55. The molecule has 112 valence electrons. The third-order valence-corrected chi connectivity index (χ3v) is 4.20. The second-order valence-electron chi connectivity index (χ2n) is 5.87. The smallest absolute Gasteiger partial charge is 0.226 e. The lowest BCUT2D eigenvalue weighted by atomic mass is 9.82. The van der Waals surface area contributed by atoms with Gasteiger partial charge in [0.25, 0.3) is 0 Å². The summed E-state index contributed by atoms with van der Waals surface area (Å²) in [5.74, 6) is -0.115. The second kappa shape index (κ2) is 6.14. The van der Waals surface area contributed by atoms with Crippen molar-refractivity contribution in [2.45, 2.75) is 19.4 Å². The van der Waals surface area contributed by atoms with E-state index in [1.165, 1.54) is 0 Å². The van der Waals surface area contributed by atoms with Crippen LogP contribution in [0.25, 0.3) is 0 Å². The highest BCUT2D eigenvalue weighted by Crippen LogP contribution is 2.26. The molecule has 3 rings (SSSR count). The van der Waals surface area contributed by atoms with Crippen LogP contribution in [0.2, 0.25) is 0 Å². The van der Waals surface area contributed by atoms with Gasteiger partial charge in [0, 0.05) is 31.5 Å². The summed E-state index contributed by atoms with van der Waals surface area (Å²) in [5, 5.41) is 0. The maximum atomic E-state index is 12.6. The fourth-order valence-corrected chi connectivity index (χ4v) is 3.06. The fraction of sp³-hybridized carbons (Fsp3) is 0.263. The van der Waals surface area contributed by atoms with Crippen LogP contribution >= 0.6 is 0 Å². The Kier molecular flexibility index (Phi) is 4.05.